The van der Waals surface area contributed by atoms with Gasteiger partial charge in [0.05, 0.1) is 23.1 Å². The number of nitrogens with zero attached hydrogens (tertiary/aromatic N) is 1. The normalized spacial score (nSPS) is 10.6. The standard InChI is InChI=1S/C17H16Cl2FN3O2/c1-23(9-16(24)21-12-4-2-11(20)3-5-12)10-17(25)22-13-6-7-14(18)15(19)8-13/h2-8H,9-10H2,1H3,(H,21,24)(H,22,25). The molecule has 0 radical (unpaired) electrons. The van der Waals surface area contributed by atoms with E-state index >= 15 is 0 Å². The number of benzene rings is 2. The van der Waals surface area contributed by atoms with Gasteiger partial charge in [0, 0.05) is 11.4 Å². The first-order chi connectivity index (χ1) is 11.8. The van der Waals surface area contributed by atoms with Crippen molar-refractivity contribution in [3.8, 4) is 0 Å². The summed E-state index contributed by atoms with van der Waals surface area (Å²) in [5.74, 6) is -0.985. The molecule has 0 aromatic heterocycles. The number of nitrogens with one attached hydrogen (secondary N) is 2. The Balaban J connectivity index is 1.81. The maximum absolute atomic E-state index is 12.8. The number of rotatable bonds is 6. The van der Waals surface area contributed by atoms with Gasteiger partial charge in [0.15, 0.2) is 0 Å². The van der Waals surface area contributed by atoms with Crippen molar-refractivity contribution in [2.24, 2.45) is 0 Å². The van der Waals surface area contributed by atoms with Crippen LogP contribution in [0.25, 0.3) is 0 Å². The van der Waals surface area contributed by atoms with Crippen molar-refractivity contribution in [2.75, 3.05) is 30.8 Å². The summed E-state index contributed by atoms with van der Waals surface area (Å²) in [6.45, 7) is 0.0171. The van der Waals surface area contributed by atoms with Gasteiger partial charge in [-0.15, -0.1) is 0 Å². The van der Waals surface area contributed by atoms with Gasteiger partial charge in [0.25, 0.3) is 0 Å². The quantitative estimate of drug-likeness (QED) is 0.800. The lowest BCUT2D eigenvalue weighted by Gasteiger charge is -2.16. The maximum Gasteiger partial charge on any atom is 0.238 e. The lowest BCUT2D eigenvalue weighted by molar-refractivity contribution is -0.119. The smallest absolute Gasteiger partial charge is 0.238 e. The molecule has 5 nitrogen and oxygen atoms in total. The molecule has 25 heavy (non-hydrogen) atoms. The highest BCUT2D eigenvalue weighted by Gasteiger charge is 2.12. The van der Waals surface area contributed by atoms with Gasteiger partial charge >= 0.3 is 0 Å². The van der Waals surface area contributed by atoms with Gasteiger partial charge in [0.1, 0.15) is 5.82 Å². The highest BCUT2D eigenvalue weighted by Crippen LogP contribution is 2.24. The Morgan fingerprint density at radius 1 is 0.920 bits per heavy atom. The van der Waals surface area contributed by atoms with Crippen molar-refractivity contribution in [2.45, 2.75) is 0 Å². The fraction of sp³-hybridized carbons (Fsp3) is 0.176. The van der Waals surface area contributed by atoms with Gasteiger partial charge in [-0.25, -0.2) is 4.39 Å². The zero-order valence-corrected chi connectivity index (χ0v) is 14.9. The molecule has 2 rings (SSSR count). The zero-order chi connectivity index (χ0) is 18.4. The minimum atomic E-state index is -0.380. The van der Waals surface area contributed by atoms with Crippen LogP contribution in [0.5, 0.6) is 0 Å². The van der Waals surface area contributed by atoms with E-state index in [0.717, 1.165) is 0 Å². The summed E-state index contributed by atoms with van der Waals surface area (Å²) in [4.78, 5) is 25.5. The molecule has 0 saturated heterocycles. The molecule has 8 heteroatoms. The number of hydrogen-bond acceptors (Lipinski definition) is 3. The second-order valence-corrected chi connectivity index (χ2v) is 6.22. The fourth-order valence-electron chi connectivity index (χ4n) is 2.05. The molecule has 2 aromatic rings. The first-order valence-corrected chi connectivity index (χ1v) is 8.08. The lowest BCUT2D eigenvalue weighted by atomic mass is 10.3. The Hall–Kier alpha value is -2.15. The minimum absolute atomic E-state index is 0.00612. The van der Waals surface area contributed by atoms with Crippen LogP contribution < -0.4 is 10.6 Å². The van der Waals surface area contributed by atoms with Crippen LogP contribution in [0, 0.1) is 5.82 Å². The van der Waals surface area contributed by atoms with Crippen LogP contribution in [0.1, 0.15) is 0 Å². The van der Waals surface area contributed by atoms with Gasteiger partial charge in [-0.3, -0.25) is 14.5 Å². The average molecular weight is 384 g/mol. The Morgan fingerprint density at radius 2 is 1.44 bits per heavy atom. The largest absolute Gasteiger partial charge is 0.325 e. The number of anilines is 2. The third kappa shape index (κ3) is 6.34. The van der Waals surface area contributed by atoms with E-state index in [4.69, 9.17) is 23.2 Å². The predicted molar refractivity (Wildman–Crippen MR) is 97.6 cm³/mol. The number of carbonyl (C=O) groups is 2. The average Bonchev–Trinajstić information content (AvgIpc) is 2.52. The second-order valence-electron chi connectivity index (χ2n) is 5.40. The highest BCUT2D eigenvalue weighted by molar-refractivity contribution is 6.42. The van der Waals surface area contributed by atoms with E-state index in [-0.39, 0.29) is 30.7 Å². The van der Waals surface area contributed by atoms with E-state index in [0.29, 0.717) is 21.4 Å². The molecule has 0 spiro atoms. The van der Waals surface area contributed by atoms with E-state index in [9.17, 15) is 14.0 Å². The van der Waals surface area contributed by atoms with Crippen molar-refractivity contribution in [3.05, 3.63) is 58.3 Å². The molecule has 2 amide bonds. The molecule has 0 aliphatic rings. The number of likely N-dealkylation sites (N-methyl/N-ethyl adjacent to an activating group) is 1. The number of halogens is 3. The van der Waals surface area contributed by atoms with Crippen LogP contribution in [0.2, 0.25) is 10.0 Å². The van der Waals surface area contributed by atoms with Crippen molar-refractivity contribution < 1.29 is 14.0 Å². The molecule has 0 atom stereocenters. The Labute approximate surface area is 154 Å². The van der Waals surface area contributed by atoms with E-state index in [2.05, 4.69) is 10.6 Å². The summed E-state index contributed by atoms with van der Waals surface area (Å²) >= 11 is 11.7. The van der Waals surface area contributed by atoms with Gasteiger partial charge in [-0.05, 0) is 49.5 Å². The van der Waals surface area contributed by atoms with Crippen molar-refractivity contribution >= 4 is 46.4 Å². The van der Waals surface area contributed by atoms with E-state index in [1.54, 1.807) is 30.1 Å². The molecular weight excluding hydrogens is 368 g/mol. The third-order valence-electron chi connectivity index (χ3n) is 3.16. The monoisotopic (exact) mass is 383 g/mol. The zero-order valence-electron chi connectivity index (χ0n) is 13.4. The Kier molecular flexibility index (Phi) is 6.75. The number of amides is 2. The topological polar surface area (TPSA) is 61.4 Å². The first-order valence-electron chi connectivity index (χ1n) is 7.32. The third-order valence-corrected chi connectivity index (χ3v) is 3.90. The first kappa shape index (κ1) is 19.2. The van der Waals surface area contributed by atoms with Crippen molar-refractivity contribution in [1.29, 1.82) is 0 Å². The summed E-state index contributed by atoms with van der Waals surface area (Å²) in [6.07, 6.45) is 0. The van der Waals surface area contributed by atoms with Gasteiger partial charge in [-0.2, -0.15) is 0 Å². The summed E-state index contributed by atoms with van der Waals surface area (Å²) in [7, 11) is 1.64. The Morgan fingerprint density at radius 3 is 2.00 bits per heavy atom. The Bertz CT molecular complexity index is 769. The molecule has 0 aliphatic carbocycles. The molecular formula is C17H16Cl2FN3O2. The number of carbonyl (C=O) groups excluding carboxylic acids is 2. The van der Waals surface area contributed by atoms with Crippen molar-refractivity contribution in [3.63, 3.8) is 0 Å². The highest BCUT2D eigenvalue weighted by atomic mass is 35.5. The summed E-state index contributed by atoms with van der Waals surface area (Å²) < 4.78 is 12.8. The lowest BCUT2D eigenvalue weighted by Crippen LogP contribution is -2.36. The van der Waals surface area contributed by atoms with Crippen LogP contribution >= 0.6 is 23.2 Å². The molecule has 0 heterocycles. The molecule has 0 saturated carbocycles. The van der Waals surface area contributed by atoms with Crippen LogP contribution in [0.15, 0.2) is 42.5 Å². The molecule has 0 fully saturated rings. The summed E-state index contributed by atoms with van der Waals surface area (Å²) in [6, 6.07) is 10.2. The van der Waals surface area contributed by atoms with Crippen LogP contribution in [-0.4, -0.2) is 36.9 Å². The number of hydrogen-bond donors (Lipinski definition) is 2. The SMILES string of the molecule is CN(CC(=O)Nc1ccc(F)cc1)CC(=O)Nc1ccc(Cl)c(Cl)c1. The van der Waals surface area contributed by atoms with Gasteiger partial charge in [-0.1, -0.05) is 23.2 Å². The van der Waals surface area contributed by atoms with Gasteiger partial charge in [0.2, 0.25) is 11.8 Å². The van der Waals surface area contributed by atoms with E-state index in [1.807, 2.05) is 0 Å². The fourth-order valence-corrected chi connectivity index (χ4v) is 2.35. The molecule has 132 valence electrons. The minimum Gasteiger partial charge on any atom is -0.325 e. The molecule has 0 bridgehead atoms. The van der Waals surface area contributed by atoms with Crippen LogP contribution in [0.4, 0.5) is 15.8 Å². The molecule has 0 unspecified atom stereocenters. The summed E-state index contributed by atoms with van der Waals surface area (Å²) in [5, 5.41) is 6.04. The summed E-state index contributed by atoms with van der Waals surface area (Å²) in [5.41, 5.74) is 1.00. The predicted octanol–water partition coefficient (Wildman–Crippen LogP) is 3.64. The maximum atomic E-state index is 12.8. The van der Waals surface area contributed by atoms with Gasteiger partial charge < -0.3 is 10.6 Å². The molecule has 0 aliphatic heterocycles. The molecule has 2 N–H and O–H groups in total. The van der Waals surface area contributed by atoms with E-state index in [1.165, 1.54) is 24.3 Å². The van der Waals surface area contributed by atoms with Crippen LogP contribution in [-0.2, 0) is 9.59 Å². The van der Waals surface area contributed by atoms with Crippen LogP contribution in [0.3, 0.4) is 0 Å². The molecule has 2 aromatic carbocycles. The van der Waals surface area contributed by atoms with Crippen molar-refractivity contribution in [1.82, 2.24) is 4.90 Å². The second kappa shape index (κ2) is 8.80. The van der Waals surface area contributed by atoms with E-state index < -0.39 is 0 Å².